The Hall–Kier alpha value is 10.1. The van der Waals surface area contributed by atoms with Gasteiger partial charge in [-0.1, -0.05) is 0 Å². The van der Waals surface area contributed by atoms with Crippen LogP contribution in [0.2, 0.25) is 0 Å². The third-order valence-corrected chi connectivity index (χ3v) is 84.0. The van der Waals surface area contributed by atoms with Gasteiger partial charge in [-0.25, -0.2) is 0 Å². The molecule has 3 rings (SSSR count). The number of benzene rings is 2. The molecule has 0 saturated heterocycles. The molecule has 0 fully saturated rings. The van der Waals surface area contributed by atoms with E-state index in [1.54, 1.807) is 22.9 Å². The second-order valence-corrected chi connectivity index (χ2v) is 85.4. The van der Waals surface area contributed by atoms with Gasteiger partial charge in [-0.15, -0.1) is 0 Å². The summed E-state index contributed by atoms with van der Waals surface area (Å²) in [6.45, 7) is 2.44. The van der Waals surface area contributed by atoms with Crippen LogP contribution in [0.3, 0.4) is 0 Å². The fraction of sp³-hybridized carbons (Fsp3) is 0.200. The fourth-order valence-electron chi connectivity index (χ4n) is 5.31. The van der Waals surface area contributed by atoms with Crippen molar-refractivity contribution in [2.45, 2.75) is 7.32 Å². The summed E-state index contributed by atoms with van der Waals surface area (Å²) in [5.41, 5.74) is 8.80. The maximum atomic E-state index is 12.7. The Bertz CT molecular complexity index is 1110. The van der Waals surface area contributed by atoms with Crippen molar-refractivity contribution in [2.75, 3.05) is 6.26 Å². The summed E-state index contributed by atoms with van der Waals surface area (Å²) in [5.74, 6) is 0. The first-order chi connectivity index (χ1) is 11.7. The van der Waals surface area contributed by atoms with Crippen LogP contribution in [0.1, 0.15) is 16.7 Å². The summed E-state index contributed by atoms with van der Waals surface area (Å²) in [4.78, 5) is 0.899. The van der Waals surface area contributed by atoms with Crippen molar-refractivity contribution in [3.63, 3.8) is 0 Å². The van der Waals surface area contributed by atoms with Crippen LogP contribution in [0.5, 0.6) is 0 Å². The summed E-state index contributed by atoms with van der Waals surface area (Å²) >= 11 is 2.31. The molecule has 11 heteroatoms. The van der Waals surface area contributed by atoms with Crippen LogP contribution >= 0.6 is 0 Å². The van der Waals surface area contributed by atoms with Gasteiger partial charge in [0, 0.05) is 0 Å². The Morgan fingerprint density at radius 3 is 1.58 bits per heavy atom. The molecule has 0 aromatic heterocycles. The van der Waals surface area contributed by atoms with Crippen molar-refractivity contribution in [2.24, 2.45) is 0 Å². The van der Waals surface area contributed by atoms with E-state index in [9.17, 15) is 8.42 Å². The van der Waals surface area contributed by atoms with Crippen molar-refractivity contribution in [3.8, 4) is 11.1 Å². The zero-order valence-corrected chi connectivity index (χ0v) is 84.3. The van der Waals surface area contributed by atoms with Crippen LogP contribution in [0.25, 0.3) is 11.1 Å². The molecule has 0 aliphatic heterocycles. The molecular weight excluding hydrogens is 2050 g/mol. The fourth-order valence-corrected chi connectivity index (χ4v) is 99.6. The third kappa shape index (κ3) is 5.83. The second-order valence-electron chi connectivity index (χ2n) is 8.60. The van der Waals surface area contributed by atoms with Crippen LogP contribution in [0, 0.1) is 349 Å². The summed E-state index contributed by atoms with van der Waals surface area (Å²) in [6, 6.07) is 0. The molecule has 0 amide bonds. The van der Waals surface area contributed by atoms with Crippen molar-refractivity contribution in [1.82, 2.24) is 0 Å². The first-order valence-corrected chi connectivity index (χ1v) is 44.0. The molecule has 2 aromatic rings. The van der Waals surface area contributed by atoms with Gasteiger partial charge in [-0.05, 0) is 0 Å². The molecule has 2 aromatic carbocycles. The summed E-state index contributed by atoms with van der Waals surface area (Å²) < 4.78 is 35.9. The normalized spacial score (nSPS) is 14.5. The van der Waals surface area contributed by atoms with Gasteiger partial charge >= 0.3 is 406 Å². The number of sulfone groups is 1. The minimum atomic E-state index is -3.04. The standard InChI is InChI=1S/C15H6O2S.8Ra.8H/c1-10-3-5-14-11(7-10)8-12-9-13(18(2,16)17)4-6-15(12)14;;;;;;;;;;;;;;;;/h1-2H3;;;;;;;;;;;;;;;;. The van der Waals surface area contributed by atoms with E-state index in [-0.39, 0.29) is 128 Å². The van der Waals surface area contributed by atoms with Crippen LogP contribution in [0.15, 0.2) is 4.90 Å². The van der Waals surface area contributed by atoms with Crippen molar-refractivity contribution in [1.29, 1.82) is 0 Å². The second kappa shape index (κ2) is 12.1. The molecule has 0 atom stereocenters. The zero-order valence-electron chi connectivity index (χ0n) is 17.7. The molecule has 0 saturated carbocycles. The van der Waals surface area contributed by atoms with Crippen molar-refractivity contribution >= 4 is 13.5 Å². The molecule has 0 radical (unpaired) electrons. The zero-order chi connectivity index (χ0) is 19.9. The number of hydrogen-bond donors (Lipinski definition) is 0. The van der Waals surface area contributed by atoms with E-state index in [1.165, 1.54) is 7.46 Å². The summed E-state index contributed by atoms with van der Waals surface area (Å²) in [5, 5.41) is 0. The van der Waals surface area contributed by atoms with E-state index >= 15 is 0 Å². The summed E-state index contributed by atoms with van der Waals surface area (Å²) in [6.07, 6.45) is 1.50. The molecule has 0 spiro atoms. The quantitative estimate of drug-likeness (QED) is 0.290. The van der Waals surface area contributed by atoms with Crippen LogP contribution in [0.4, 0.5) is 0 Å². The minimum absolute atomic E-state index is 0.0809. The molecule has 0 N–H and O–H groups in total. The molecule has 26 heavy (non-hydrogen) atoms. The Kier molecular flexibility index (Phi) is 14.3. The van der Waals surface area contributed by atoms with E-state index < -0.39 is 9.84 Å². The van der Waals surface area contributed by atoms with Crippen LogP contribution in [-0.2, 0) is 5.33 Å². The molecule has 0 bridgehead atoms. The Morgan fingerprint density at radius 1 is 0.692 bits per heavy atom. The monoisotopic (exact) mass is 2070 g/mol. The molecule has 1 aliphatic carbocycles. The van der Waals surface area contributed by atoms with Crippen molar-refractivity contribution in [3.05, 3.63) is 16.7 Å². The Morgan fingerprint density at radius 2 is 1.12 bits per heavy atom. The summed E-state index contributed by atoms with van der Waals surface area (Å²) in [7, 11) is -3.04. The van der Waals surface area contributed by atoms with Gasteiger partial charge < -0.3 is 0 Å². The van der Waals surface area contributed by atoms with Gasteiger partial charge in [0.1, 0.15) is 0 Å². The molecule has 108 valence electrons. The maximum absolute atomic E-state index is 12.7. The molecule has 0 unspecified atom stereocenters. The van der Waals surface area contributed by atoms with Gasteiger partial charge in [0.15, 0.2) is 0 Å². The van der Waals surface area contributed by atoms with Crippen LogP contribution < -0.4 is 3.63 Å². The first kappa shape index (κ1) is 30.7. The van der Waals surface area contributed by atoms with Gasteiger partial charge in [0.05, 0.1) is 0 Å². The van der Waals surface area contributed by atoms with Gasteiger partial charge in [0.2, 0.25) is 0 Å². The Labute approximate surface area is 389 Å². The molecular formula is C15H14O2Ra8S. The van der Waals surface area contributed by atoms with E-state index in [0.29, 0.717) is 209 Å². The average molecular weight is 2070 g/mol. The average Bonchev–Trinajstić information content (AvgIpc) is 2.75. The van der Waals surface area contributed by atoms with Crippen LogP contribution in [-0.4, -0.2) is 14.7 Å². The van der Waals surface area contributed by atoms with E-state index in [4.69, 9.17) is 0 Å². The Balaban J connectivity index is 2.65. The van der Waals surface area contributed by atoms with Gasteiger partial charge in [-0.3, -0.25) is 0 Å². The topological polar surface area (TPSA) is 34.1 Å². The third-order valence-electron chi connectivity index (χ3n) is 6.80. The molecule has 1 aliphatic rings. The molecule has 0 heterocycles. The number of hydrogen-bond acceptors (Lipinski definition) is 2. The van der Waals surface area contributed by atoms with Gasteiger partial charge in [0.25, 0.3) is 0 Å². The van der Waals surface area contributed by atoms with E-state index in [1.807, 2.05) is 7.38 Å². The predicted octanol–water partition coefficient (Wildman–Crippen LogP) is -4.42. The van der Waals surface area contributed by atoms with Crippen molar-refractivity contribution < 1.29 is 351 Å². The first-order valence-electron chi connectivity index (χ1n) is 9.20. The van der Waals surface area contributed by atoms with E-state index in [0.717, 1.165) is 4.90 Å². The van der Waals surface area contributed by atoms with E-state index in [2.05, 4.69) is 6.92 Å². The number of rotatable bonds is 1. The predicted molar refractivity (Wildman–Crippen MR) is 79.5 cm³/mol. The van der Waals surface area contributed by atoms with Gasteiger partial charge in [-0.2, -0.15) is 0 Å². The molecule has 2 nitrogen and oxygen atoms in total. The number of fused-ring (bicyclic) bond motifs is 3. The SMILES string of the molecule is Cc1[c]([RaH])[c]([RaH])c2c([c]1[RaH])[C]([RaH])([RaH])c1[c]([RaH])c(S(C)(=O)=O)[c]([RaH])[c]([RaH])c1-2.